The predicted molar refractivity (Wildman–Crippen MR) is 56.8 cm³/mol. The van der Waals surface area contributed by atoms with Crippen LogP contribution >= 0.6 is 0 Å². The van der Waals surface area contributed by atoms with Crippen LogP contribution in [0, 0.1) is 11.3 Å². The van der Waals surface area contributed by atoms with E-state index in [4.69, 9.17) is 10.00 Å². The Kier molecular flexibility index (Phi) is 3.79. The van der Waals surface area contributed by atoms with Crippen LogP contribution in [0.25, 0.3) is 5.76 Å². The summed E-state index contributed by atoms with van der Waals surface area (Å²) in [7, 11) is 0. The molecule has 0 atom stereocenters. The number of hydrogen-bond donors (Lipinski definition) is 0. The molecule has 1 aromatic rings. The quantitative estimate of drug-likeness (QED) is 0.757. The van der Waals surface area contributed by atoms with Gasteiger partial charge in [-0.15, -0.1) is 0 Å². The Morgan fingerprint density at radius 3 is 2.59 bits per heavy atom. The van der Waals surface area contributed by atoms with Gasteiger partial charge in [0.15, 0.2) is 0 Å². The zero-order valence-electron chi connectivity index (χ0n) is 9.14. The van der Waals surface area contributed by atoms with Crippen LogP contribution in [-0.2, 0) is 10.9 Å². The Bertz CT molecular complexity index is 472. The molecule has 2 nitrogen and oxygen atoms in total. The molecule has 0 fully saturated rings. The van der Waals surface area contributed by atoms with E-state index in [1.54, 1.807) is 13.0 Å². The fraction of sp³-hybridized carbons (Fsp3) is 0.250. The van der Waals surface area contributed by atoms with Gasteiger partial charge in [-0.25, -0.2) is 0 Å². The number of nitriles is 1. The summed E-state index contributed by atoms with van der Waals surface area (Å²) in [4.78, 5) is 0. The molecule has 0 heterocycles. The van der Waals surface area contributed by atoms with Gasteiger partial charge < -0.3 is 4.74 Å². The van der Waals surface area contributed by atoms with Crippen LogP contribution < -0.4 is 0 Å². The van der Waals surface area contributed by atoms with Crippen molar-refractivity contribution in [3.05, 3.63) is 41.5 Å². The summed E-state index contributed by atoms with van der Waals surface area (Å²) in [5.74, 6) is -0.0862. The van der Waals surface area contributed by atoms with E-state index in [1.165, 1.54) is 0 Å². The van der Waals surface area contributed by atoms with E-state index in [0.29, 0.717) is 0 Å². The van der Waals surface area contributed by atoms with E-state index < -0.39 is 11.7 Å². The maximum atomic E-state index is 12.7. The summed E-state index contributed by atoms with van der Waals surface area (Å²) in [6, 6.07) is 4.88. The van der Waals surface area contributed by atoms with Crippen molar-refractivity contribution in [3.63, 3.8) is 0 Å². The highest BCUT2D eigenvalue weighted by Gasteiger charge is 2.34. The summed E-state index contributed by atoms with van der Waals surface area (Å²) in [6.07, 6.45) is -4.50. The van der Waals surface area contributed by atoms with Crippen molar-refractivity contribution in [2.75, 3.05) is 6.61 Å². The van der Waals surface area contributed by atoms with Gasteiger partial charge in [0.1, 0.15) is 5.76 Å². The van der Waals surface area contributed by atoms with Crippen molar-refractivity contribution in [1.82, 2.24) is 0 Å². The van der Waals surface area contributed by atoms with Crippen LogP contribution in [-0.4, -0.2) is 6.61 Å². The van der Waals surface area contributed by atoms with Crippen LogP contribution in [0.15, 0.2) is 24.8 Å². The van der Waals surface area contributed by atoms with Crippen LogP contribution in [0.2, 0.25) is 0 Å². The van der Waals surface area contributed by atoms with E-state index in [0.717, 1.165) is 18.2 Å². The molecule has 5 heteroatoms. The number of nitrogens with zero attached hydrogens (tertiary/aromatic N) is 1. The predicted octanol–water partition coefficient (Wildman–Crippen LogP) is 3.58. The molecule has 1 aromatic carbocycles. The van der Waals surface area contributed by atoms with E-state index >= 15 is 0 Å². The monoisotopic (exact) mass is 241 g/mol. The van der Waals surface area contributed by atoms with Crippen LogP contribution in [0.1, 0.15) is 23.6 Å². The van der Waals surface area contributed by atoms with Crippen LogP contribution in [0.3, 0.4) is 0 Å². The third-order valence-electron chi connectivity index (χ3n) is 2.07. The highest BCUT2D eigenvalue weighted by atomic mass is 19.4. The highest BCUT2D eigenvalue weighted by molar-refractivity contribution is 5.63. The molecule has 0 aliphatic heterocycles. The van der Waals surface area contributed by atoms with E-state index in [9.17, 15) is 13.2 Å². The van der Waals surface area contributed by atoms with Gasteiger partial charge in [0.25, 0.3) is 0 Å². The Morgan fingerprint density at radius 2 is 2.12 bits per heavy atom. The molecule has 0 bridgehead atoms. The molecule has 1 rings (SSSR count). The minimum atomic E-state index is -4.50. The molecule has 17 heavy (non-hydrogen) atoms. The van der Waals surface area contributed by atoms with Crippen molar-refractivity contribution in [2.24, 2.45) is 0 Å². The smallest absolute Gasteiger partial charge is 0.417 e. The number of alkyl halides is 3. The summed E-state index contributed by atoms with van der Waals surface area (Å²) < 4.78 is 43.1. The lowest BCUT2D eigenvalue weighted by molar-refractivity contribution is -0.137. The first kappa shape index (κ1) is 13.1. The molecule has 0 aromatic heterocycles. The average molecular weight is 241 g/mol. The van der Waals surface area contributed by atoms with E-state index in [-0.39, 0.29) is 23.5 Å². The largest absolute Gasteiger partial charge is 0.494 e. The van der Waals surface area contributed by atoms with E-state index in [2.05, 4.69) is 6.58 Å². The fourth-order valence-corrected chi connectivity index (χ4v) is 1.34. The summed E-state index contributed by atoms with van der Waals surface area (Å²) >= 11 is 0. The lowest BCUT2D eigenvalue weighted by atomic mass is 10.0. The maximum absolute atomic E-state index is 12.7. The van der Waals surface area contributed by atoms with Crippen molar-refractivity contribution in [3.8, 4) is 6.07 Å². The highest BCUT2D eigenvalue weighted by Crippen LogP contribution is 2.35. The molecule has 0 saturated carbocycles. The SMILES string of the molecule is C=C(OCC)c1cc(C#N)ccc1C(F)(F)F. The Hall–Kier alpha value is -1.96. The number of rotatable bonds is 3. The first-order valence-electron chi connectivity index (χ1n) is 4.83. The van der Waals surface area contributed by atoms with Crippen LogP contribution in [0.4, 0.5) is 13.2 Å². The molecule has 0 N–H and O–H groups in total. The van der Waals surface area contributed by atoms with Gasteiger partial charge in [0.05, 0.1) is 23.8 Å². The molecule has 0 aliphatic carbocycles. The first-order chi connectivity index (χ1) is 7.90. The first-order valence-corrected chi connectivity index (χ1v) is 4.83. The third-order valence-corrected chi connectivity index (χ3v) is 2.07. The van der Waals surface area contributed by atoms with E-state index in [1.807, 2.05) is 0 Å². The number of benzene rings is 1. The van der Waals surface area contributed by atoms with Gasteiger partial charge in [0, 0.05) is 5.56 Å². The Balaban J connectivity index is 3.32. The molecule has 0 saturated heterocycles. The Morgan fingerprint density at radius 1 is 1.47 bits per heavy atom. The number of hydrogen-bond acceptors (Lipinski definition) is 2. The van der Waals surface area contributed by atoms with Gasteiger partial charge in [-0.1, -0.05) is 6.58 Å². The number of ether oxygens (including phenoxy) is 1. The molecule has 90 valence electrons. The molecule has 0 amide bonds. The second kappa shape index (κ2) is 4.91. The van der Waals surface area contributed by atoms with Crippen LogP contribution in [0.5, 0.6) is 0 Å². The zero-order chi connectivity index (χ0) is 13.1. The van der Waals surface area contributed by atoms with Gasteiger partial charge in [-0.3, -0.25) is 0 Å². The van der Waals surface area contributed by atoms with Gasteiger partial charge in [0.2, 0.25) is 0 Å². The van der Waals surface area contributed by atoms with Gasteiger partial charge >= 0.3 is 6.18 Å². The fourth-order valence-electron chi connectivity index (χ4n) is 1.34. The van der Waals surface area contributed by atoms with Gasteiger partial charge in [-0.05, 0) is 25.1 Å². The normalized spacial score (nSPS) is 10.8. The maximum Gasteiger partial charge on any atom is 0.417 e. The molecule has 0 aliphatic rings. The minimum absolute atomic E-state index is 0.0862. The minimum Gasteiger partial charge on any atom is -0.494 e. The summed E-state index contributed by atoms with van der Waals surface area (Å²) in [5.41, 5.74) is -0.915. The van der Waals surface area contributed by atoms with Crippen molar-refractivity contribution in [2.45, 2.75) is 13.1 Å². The molecular formula is C12H10F3NO. The molecule has 0 unspecified atom stereocenters. The van der Waals surface area contributed by atoms with Gasteiger partial charge in [-0.2, -0.15) is 18.4 Å². The lowest BCUT2D eigenvalue weighted by Gasteiger charge is -2.15. The third kappa shape index (κ3) is 3.00. The second-order valence-electron chi connectivity index (χ2n) is 3.23. The zero-order valence-corrected chi connectivity index (χ0v) is 9.14. The lowest BCUT2D eigenvalue weighted by Crippen LogP contribution is -2.09. The van der Waals surface area contributed by atoms with Crippen molar-refractivity contribution < 1.29 is 17.9 Å². The second-order valence-corrected chi connectivity index (χ2v) is 3.23. The summed E-state index contributed by atoms with van der Waals surface area (Å²) in [5, 5.41) is 8.67. The standard InChI is InChI=1S/C12H10F3NO/c1-3-17-8(2)10-6-9(7-16)4-5-11(10)12(13,14)15/h4-6H,2-3H2,1H3. The molecule has 0 spiro atoms. The topological polar surface area (TPSA) is 33.0 Å². The van der Waals surface area contributed by atoms with Crippen molar-refractivity contribution >= 4 is 5.76 Å². The molecule has 0 radical (unpaired) electrons. The molecular weight excluding hydrogens is 231 g/mol. The number of halogens is 3. The Labute approximate surface area is 96.9 Å². The van der Waals surface area contributed by atoms with Crippen molar-refractivity contribution in [1.29, 1.82) is 5.26 Å². The summed E-state index contributed by atoms with van der Waals surface area (Å²) in [6.45, 7) is 5.29. The average Bonchev–Trinajstić information content (AvgIpc) is 2.27.